The van der Waals surface area contributed by atoms with Gasteiger partial charge in [-0.2, -0.15) is 0 Å². The summed E-state index contributed by atoms with van der Waals surface area (Å²) < 4.78 is 6.75. The van der Waals surface area contributed by atoms with E-state index >= 15 is 0 Å². The SMILES string of the molecule is CCCc1ccc2c(N)c(C(=O)Nc3c[n+](-c4ccccc4)no3)sc2n1. The highest BCUT2D eigenvalue weighted by Gasteiger charge is 2.21. The number of para-hydroxylation sites is 1. The lowest BCUT2D eigenvalue weighted by Gasteiger charge is -1.98. The van der Waals surface area contributed by atoms with Gasteiger partial charge in [0.05, 0.1) is 5.69 Å². The standard InChI is InChI=1S/C19H17N5O2S/c1-2-6-12-9-10-14-16(20)17(27-19(14)21-12)18(25)22-15-11-24(23-26-15)13-7-4-3-5-8-13/h3-5,7-11H,2,6H2,1H3,(H2-,20,22,23,25)/p+1. The second-order valence-electron chi connectivity index (χ2n) is 6.05. The van der Waals surface area contributed by atoms with E-state index in [0.29, 0.717) is 10.6 Å². The molecule has 1 aromatic carbocycles. The van der Waals surface area contributed by atoms with Gasteiger partial charge in [0.2, 0.25) is 11.0 Å². The number of carbonyl (C=O) groups excluding carboxylic acids is 1. The number of amides is 1. The number of benzene rings is 1. The van der Waals surface area contributed by atoms with Crippen molar-refractivity contribution in [2.75, 3.05) is 11.1 Å². The number of aryl methyl sites for hydroxylation is 1. The van der Waals surface area contributed by atoms with Crippen molar-refractivity contribution >= 4 is 39.0 Å². The van der Waals surface area contributed by atoms with Gasteiger partial charge in [-0.15, -0.1) is 11.3 Å². The van der Waals surface area contributed by atoms with E-state index in [1.807, 2.05) is 42.5 Å². The molecule has 27 heavy (non-hydrogen) atoms. The number of carbonyl (C=O) groups is 1. The van der Waals surface area contributed by atoms with Crippen molar-refractivity contribution in [1.82, 2.24) is 10.3 Å². The number of nitrogens with zero attached hydrogens (tertiary/aromatic N) is 3. The van der Waals surface area contributed by atoms with Crippen LogP contribution in [0.1, 0.15) is 28.7 Å². The maximum atomic E-state index is 12.7. The van der Waals surface area contributed by atoms with E-state index in [4.69, 9.17) is 10.3 Å². The third kappa shape index (κ3) is 3.39. The molecule has 7 nitrogen and oxygen atoms in total. The van der Waals surface area contributed by atoms with Crippen molar-refractivity contribution < 1.29 is 14.0 Å². The van der Waals surface area contributed by atoms with Crippen LogP contribution in [0.5, 0.6) is 0 Å². The van der Waals surface area contributed by atoms with Crippen molar-refractivity contribution in [3.63, 3.8) is 0 Å². The molecule has 8 heteroatoms. The largest absolute Gasteiger partial charge is 0.397 e. The Hall–Kier alpha value is -3.26. The number of anilines is 2. The van der Waals surface area contributed by atoms with E-state index in [1.54, 1.807) is 10.9 Å². The fourth-order valence-electron chi connectivity index (χ4n) is 2.77. The van der Waals surface area contributed by atoms with E-state index in [9.17, 15) is 4.79 Å². The number of rotatable bonds is 5. The van der Waals surface area contributed by atoms with E-state index in [0.717, 1.165) is 34.4 Å². The zero-order valence-electron chi connectivity index (χ0n) is 14.7. The number of fused-ring (bicyclic) bond motifs is 1. The number of aromatic nitrogens is 3. The number of pyridine rings is 1. The van der Waals surface area contributed by atoms with Gasteiger partial charge in [0, 0.05) is 23.2 Å². The van der Waals surface area contributed by atoms with Crippen LogP contribution in [0, 0.1) is 0 Å². The summed E-state index contributed by atoms with van der Waals surface area (Å²) in [5, 5.41) is 7.41. The van der Waals surface area contributed by atoms with Gasteiger partial charge in [0.15, 0.2) is 0 Å². The van der Waals surface area contributed by atoms with Gasteiger partial charge in [-0.1, -0.05) is 31.5 Å². The molecule has 0 fully saturated rings. The molecule has 3 heterocycles. The first-order valence-electron chi connectivity index (χ1n) is 8.59. The number of nitrogens with one attached hydrogen (secondary N) is 1. The van der Waals surface area contributed by atoms with E-state index < -0.39 is 0 Å². The lowest BCUT2D eigenvalue weighted by molar-refractivity contribution is -0.670. The first kappa shape index (κ1) is 17.2. The summed E-state index contributed by atoms with van der Waals surface area (Å²) in [5.74, 6) is -0.107. The zero-order valence-corrected chi connectivity index (χ0v) is 15.5. The maximum Gasteiger partial charge on any atom is 0.303 e. The van der Waals surface area contributed by atoms with Gasteiger partial charge in [0.1, 0.15) is 9.71 Å². The Balaban J connectivity index is 1.58. The second-order valence-corrected chi connectivity index (χ2v) is 7.05. The van der Waals surface area contributed by atoms with Crippen LogP contribution in [0.25, 0.3) is 15.9 Å². The molecule has 4 aromatic rings. The molecule has 0 atom stereocenters. The maximum absolute atomic E-state index is 12.7. The summed E-state index contributed by atoms with van der Waals surface area (Å²) in [6, 6.07) is 13.4. The number of thiophene rings is 1. The van der Waals surface area contributed by atoms with Crippen molar-refractivity contribution in [1.29, 1.82) is 0 Å². The summed E-state index contributed by atoms with van der Waals surface area (Å²) in [6.45, 7) is 2.10. The molecule has 3 N–H and O–H groups in total. The first-order valence-corrected chi connectivity index (χ1v) is 9.40. The highest BCUT2D eigenvalue weighted by atomic mass is 32.1. The molecule has 136 valence electrons. The Labute approximate surface area is 159 Å². The van der Waals surface area contributed by atoms with Crippen molar-refractivity contribution in [3.8, 4) is 5.69 Å². The van der Waals surface area contributed by atoms with Crippen molar-refractivity contribution in [2.45, 2.75) is 19.8 Å². The minimum absolute atomic E-state index is 0.236. The third-order valence-electron chi connectivity index (χ3n) is 4.09. The first-order chi connectivity index (χ1) is 13.2. The molecule has 4 rings (SSSR count). The minimum atomic E-state index is -0.344. The van der Waals surface area contributed by atoms with Gasteiger partial charge < -0.3 is 5.73 Å². The summed E-state index contributed by atoms with van der Waals surface area (Å²) in [6.07, 6.45) is 3.51. The van der Waals surface area contributed by atoms with Crippen LogP contribution in [-0.2, 0) is 6.42 Å². The number of nitrogen functional groups attached to an aromatic ring is 1. The van der Waals surface area contributed by atoms with Crippen LogP contribution < -0.4 is 15.7 Å². The molecule has 0 aliphatic heterocycles. The lowest BCUT2D eigenvalue weighted by atomic mass is 10.2. The van der Waals surface area contributed by atoms with Crippen molar-refractivity contribution in [2.24, 2.45) is 0 Å². The Morgan fingerprint density at radius 3 is 2.85 bits per heavy atom. The molecule has 0 bridgehead atoms. The van der Waals surface area contributed by atoms with Gasteiger partial charge >= 0.3 is 5.88 Å². The molecule has 0 aliphatic carbocycles. The second kappa shape index (κ2) is 7.16. The van der Waals surface area contributed by atoms with Crippen LogP contribution in [0.15, 0.2) is 53.2 Å². The highest BCUT2D eigenvalue weighted by molar-refractivity contribution is 7.21. The van der Waals surface area contributed by atoms with E-state index in [2.05, 4.69) is 22.5 Å². The smallest absolute Gasteiger partial charge is 0.303 e. The molecule has 0 radical (unpaired) electrons. The fourth-order valence-corrected chi connectivity index (χ4v) is 3.78. The zero-order chi connectivity index (χ0) is 18.8. The highest BCUT2D eigenvalue weighted by Crippen LogP contribution is 2.33. The lowest BCUT2D eigenvalue weighted by Crippen LogP contribution is -2.31. The number of nitrogens with two attached hydrogens (primary N) is 1. The van der Waals surface area contributed by atoms with Crippen LogP contribution in [0.2, 0.25) is 0 Å². The molecule has 0 spiro atoms. The van der Waals surface area contributed by atoms with Gasteiger partial charge in [0.25, 0.3) is 12.1 Å². The molecule has 3 aromatic heterocycles. The van der Waals surface area contributed by atoms with Gasteiger partial charge in [-0.25, -0.2) is 4.98 Å². The van der Waals surface area contributed by atoms with Gasteiger partial charge in [-0.05, 0) is 23.2 Å². The molecule has 0 aliphatic rings. The van der Waals surface area contributed by atoms with Crippen LogP contribution in [0.4, 0.5) is 11.6 Å². The van der Waals surface area contributed by atoms with E-state index in [-0.39, 0.29) is 11.8 Å². The summed E-state index contributed by atoms with van der Waals surface area (Å²) in [4.78, 5) is 18.4. The Morgan fingerprint density at radius 2 is 2.07 bits per heavy atom. The predicted octanol–water partition coefficient (Wildman–Crippen LogP) is 3.35. The molecule has 0 saturated heterocycles. The summed E-state index contributed by atoms with van der Waals surface area (Å²) >= 11 is 1.28. The molecule has 1 amide bonds. The van der Waals surface area contributed by atoms with Gasteiger partial charge in [-0.3, -0.25) is 14.6 Å². The number of hydrogen-bond acceptors (Lipinski definition) is 6. The topological polar surface area (TPSA) is 97.9 Å². The Morgan fingerprint density at radius 1 is 1.26 bits per heavy atom. The molecule has 0 unspecified atom stereocenters. The summed E-state index contributed by atoms with van der Waals surface area (Å²) in [7, 11) is 0. The van der Waals surface area contributed by atoms with Crippen LogP contribution >= 0.6 is 11.3 Å². The van der Waals surface area contributed by atoms with Crippen LogP contribution in [-0.4, -0.2) is 16.2 Å². The average Bonchev–Trinajstić information content (AvgIpc) is 3.27. The summed E-state index contributed by atoms with van der Waals surface area (Å²) in [5.41, 5.74) is 8.43. The number of hydrogen-bond donors (Lipinski definition) is 2. The van der Waals surface area contributed by atoms with Crippen molar-refractivity contribution in [3.05, 3.63) is 59.2 Å². The fraction of sp³-hybridized carbons (Fsp3) is 0.158. The quantitative estimate of drug-likeness (QED) is 0.518. The average molecular weight is 380 g/mol. The predicted molar refractivity (Wildman–Crippen MR) is 104 cm³/mol. The normalized spacial score (nSPS) is 11.0. The van der Waals surface area contributed by atoms with Crippen LogP contribution in [0.3, 0.4) is 0 Å². The Kier molecular flexibility index (Phi) is 4.55. The minimum Gasteiger partial charge on any atom is -0.397 e. The molecular weight excluding hydrogens is 362 g/mol. The molecule has 0 saturated carbocycles. The monoisotopic (exact) mass is 380 g/mol. The van der Waals surface area contributed by atoms with E-state index in [1.165, 1.54) is 11.3 Å². The Bertz CT molecular complexity index is 1100. The molecular formula is C19H18N5O2S+. The third-order valence-corrected chi connectivity index (χ3v) is 5.20.